The smallest absolute Gasteiger partial charge is 0.338 e. The number of alkyl halides is 3. The highest BCUT2D eigenvalue weighted by molar-refractivity contribution is 7.18. The predicted molar refractivity (Wildman–Crippen MR) is 125 cm³/mol. The van der Waals surface area contributed by atoms with Crippen LogP contribution in [0, 0.1) is 0 Å². The maximum Gasteiger partial charge on any atom is 0.429 e. The summed E-state index contributed by atoms with van der Waals surface area (Å²) >= 11 is 1.55. The number of hydrazone groups is 1. The van der Waals surface area contributed by atoms with Crippen molar-refractivity contribution in [2.24, 2.45) is 5.10 Å². The zero-order chi connectivity index (χ0) is 23.2. The normalized spacial score (nSPS) is 22.3. The second kappa shape index (κ2) is 8.88. The maximum atomic E-state index is 14.3. The summed E-state index contributed by atoms with van der Waals surface area (Å²) in [5.41, 5.74) is 0. The summed E-state index contributed by atoms with van der Waals surface area (Å²) in [6.45, 7) is 6.39. The van der Waals surface area contributed by atoms with Gasteiger partial charge < -0.3 is 20.0 Å². The van der Waals surface area contributed by atoms with E-state index in [1.165, 1.54) is 4.90 Å². The number of rotatable bonds is 5. The lowest BCUT2D eigenvalue weighted by atomic mass is 10.2. The summed E-state index contributed by atoms with van der Waals surface area (Å²) in [6, 6.07) is 1.96. The molecule has 8 nitrogen and oxygen atoms in total. The lowest BCUT2D eigenvalue weighted by Crippen LogP contribution is -2.57. The van der Waals surface area contributed by atoms with Crippen LogP contribution in [-0.2, 0) is 6.42 Å². The number of likely N-dealkylation sites (N-methyl/N-ethyl adjacent to an activating group) is 1. The molecule has 0 radical (unpaired) electrons. The number of nitrogens with one attached hydrogen (secondary N) is 1. The Kier molecular flexibility index (Phi) is 6.08. The minimum Gasteiger partial charge on any atom is -0.338 e. The molecule has 0 spiro atoms. The molecule has 2 fully saturated rings. The third kappa shape index (κ3) is 4.35. The first-order valence-electron chi connectivity index (χ1n) is 11.5. The van der Waals surface area contributed by atoms with Crippen LogP contribution < -0.4 is 15.2 Å². The number of piperazine rings is 2. The monoisotopic (exact) mass is 482 g/mol. The zero-order valence-electron chi connectivity index (χ0n) is 18.9. The SMILES string of the molecule is CCCCc1cc2c(N3N=C4CNCCN4C3C(F)(F)F)nc(N3CCN(C)CC3)nc2s1. The van der Waals surface area contributed by atoms with Crippen LogP contribution in [0.15, 0.2) is 11.2 Å². The Morgan fingerprint density at radius 3 is 2.67 bits per heavy atom. The van der Waals surface area contributed by atoms with Gasteiger partial charge in [0.15, 0.2) is 5.82 Å². The fourth-order valence-electron chi connectivity index (χ4n) is 4.52. The first-order valence-corrected chi connectivity index (χ1v) is 12.3. The molecule has 0 saturated carbocycles. The summed E-state index contributed by atoms with van der Waals surface area (Å²) in [6.07, 6.45) is -3.37. The number of thiophene rings is 1. The number of unbranched alkanes of at least 4 members (excludes halogenated alkanes) is 1. The van der Waals surface area contributed by atoms with Crippen LogP contribution in [0.25, 0.3) is 10.2 Å². The van der Waals surface area contributed by atoms with Crippen molar-refractivity contribution in [1.29, 1.82) is 0 Å². The van der Waals surface area contributed by atoms with Gasteiger partial charge >= 0.3 is 6.18 Å². The fourth-order valence-corrected chi connectivity index (χ4v) is 5.58. The van der Waals surface area contributed by atoms with E-state index in [1.54, 1.807) is 11.3 Å². The summed E-state index contributed by atoms with van der Waals surface area (Å²) in [4.78, 5) is 17.0. The molecular weight excluding hydrogens is 453 g/mol. The number of amidine groups is 1. The number of anilines is 2. The van der Waals surface area contributed by atoms with Crippen LogP contribution in [0.1, 0.15) is 24.6 Å². The van der Waals surface area contributed by atoms with Gasteiger partial charge in [0.1, 0.15) is 10.7 Å². The summed E-state index contributed by atoms with van der Waals surface area (Å²) in [5, 5.41) is 9.28. The Hall–Kier alpha value is -2.18. The highest BCUT2D eigenvalue weighted by Crippen LogP contribution is 2.40. The Morgan fingerprint density at radius 2 is 1.94 bits per heavy atom. The quantitative estimate of drug-likeness (QED) is 0.703. The van der Waals surface area contributed by atoms with Crippen LogP contribution in [0.2, 0.25) is 0 Å². The van der Waals surface area contributed by atoms with Crippen molar-refractivity contribution in [3.8, 4) is 0 Å². The van der Waals surface area contributed by atoms with Gasteiger partial charge in [0.25, 0.3) is 0 Å². The van der Waals surface area contributed by atoms with Crippen molar-refractivity contribution < 1.29 is 13.2 Å². The molecule has 1 unspecified atom stereocenters. The van der Waals surface area contributed by atoms with E-state index in [4.69, 9.17) is 9.97 Å². The molecule has 0 bridgehead atoms. The van der Waals surface area contributed by atoms with Gasteiger partial charge in [-0.15, -0.1) is 11.3 Å². The van der Waals surface area contributed by atoms with E-state index in [-0.39, 0.29) is 12.4 Å². The summed E-state index contributed by atoms with van der Waals surface area (Å²) in [5.74, 6) is 1.13. The molecular formula is C21H29F3N8S. The minimum absolute atomic E-state index is 0.247. The number of aromatic nitrogens is 2. The molecule has 12 heteroatoms. The van der Waals surface area contributed by atoms with E-state index in [1.807, 2.05) is 6.07 Å². The van der Waals surface area contributed by atoms with Crippen molar-refractivity contribution in [2.45, 2.75) is 38.5 Å². The molecule has 33 heavy (non-hydrogen) atoms. The van der Waals surface area contributed by atoms with Gasteiger partial charge in [-0.05, 0) is 26.0 Å². The first kappa shape index (κ1) is 22.6. The number of halogens is 3. The lowest BCUT2D eigenvalue weighted by Gasteiger charge is -2.35. The van der Waals surface area contributed by atoms with Crippen molar-refractivity contribution in [2.75, 3.05) is 62.8 Å². The van der Waals surface area contributed by atoms with E-state index in [9.17, 15) is 13.2 Å². The van der Waals surface area contributed by atoms with Crippen molar-refractivity contribution >= 4 is 39.2 Å². The van der Waals surface area contributed by atoms with Gasteiger partial charge in [-0.3, -0.25) is 0 Å². The predicted octanol–water partition coefficient (Wildman–Crippen LogP) is 2.71. The van der Waals surface area contributed by atoms with Gasteiger partial charge in [0.05, 0.1) is 11.9 Å². The van der Waals surface area contributed by atoms with E-state index in [0.29, 0.717) is 30.3 Å². The fraction of sp³-hybridized carbons (Fsp3) is 0.667. The minimum atomic E-state index is -4.48. The molecule has 3 aliphatic heterocycles. The van der Waals surface area contributed by atoms with E-state index < -0.39 is 12.3 Å². The van der Waals surface area contributed by atoms with E-state index in [0.717, 1.165) is 60.2 Å². The topological polar surface area (TPSA) is 63.1 Å². The molecule has 1 atom stereocenters. The molecule has 3 aliphatic rings. The number of nitrogens with zero attached hydrogens (tertiary/aromatic N) is 7. The Bertz CT molecular complexity index is 1030. The van der Waals surface area contributed by atoms with Crippen LogP contribution in [0.5, 0.6) is 0 Å². The Morgan fingerprint density at radius 1 is 1.15 bits per heavy atom. The molecule has 0 amide bonds. The summed E-state index contributed by atoms with van der Waals surface area (Å²) in [7, 11) is 2.06. The van der Waals surface area contributed by atoms with E-state index >= 15 is 0 Å². The molecule has 5 rings (SSSR count). The molecule has 0 aliphatic carbocycles. The molecule has 1 N–H and O–H groups in total. The largest absolute Gasteiger partial charge is 0.429 e. The molecule has 2 aromatic rings. The second-order valence-corrected chi connectivity index (χ2v) is 9.93. The third-order valence-corrected chi connectivity index (χ3v) is 7.47. The number of hydrogen-bond acceptors (Lipinski definition) is 9. The zero-order valence-corrected chi connectivity index (χ0v) is 19.7. The molecule has 2 saturated heterocycles. The first-order chi connectivity index (χ1) is 15.8. The third-order valence-electron chi connectivity index (χ3n) is 6.38. The standard InChI is InChI=1S/C21H29F3N8S/c1-3-4-5-14-12-15-17(26-20(27-18(15)33-14)30-10-8-29(2)9-11-30)32-19(21(22,23)24)31-7-6-25-13-16(31)28-32/h12,19,25H,3-11,13H2,1-2H3. The van der Waals surface area contributed by atoms with Crippen LogP contribution >= 0.6 is 11.3 Å². The highest BCUT2D eigenvalue weighted by Gasteiger charge is 2.54. The average Bonchev–Trinajstić information content (AvgIpc) is 3.38. The molecule has 5 heterocycles. The maximum absolute atomic E-state index is 14.3. The van der Waals surface area contributed by atoms with Crippen molar-refractivity contribution in [1.82, 2.24) is 25.1 Å². The van der Waals surface area contributed by atoms with Crippen LogP contribution in [-0.4, -0.2) is 90.8 Å². The second-order valence-electron chi connectivity index (χ2n) is 8.82. The van der Waals surface area contributed by atoms with Crippen molar-refractivity contribution in [3.05, 3.63) is 10.9 Å². The Balaban J connectivity index is 1.61. The molecule has 2 aromatic heterocycles. The molecule has 0 aromatic carbocycles. The molecule has 180 valence electrons. The van der Waals surface area contributed by atoms with Gasteiger partial charge in [-0.1, -0.05) is 13.3 Å². The Labute approximate surface area is 195 Å². The highest BCUT2D eigenvalue weighted by atomic mass is 32.1. The van der Waals surface area contributed by atoms with Gasteiger partial charge in [0, 0.05) is 44.1 Å². The summed E-state index contributed by atoms with van der Waals surface area (Å²) < 4.78 is 42.9. The average molecular weight is 483 g/mol. The van der Waals surface area contributed by atoms with Gasteiger partial charge in [-0.2, -0.15) is 23.3 Å². The number of aryl methyl sites for hydroxylation is 1. The number of fused-ring (bicyclic) bond motifs is 2. The van der Waals surface area contributed by atoms with Gasteiger partial charge in [0.2, 0.25) is 12.1 Å². The van der Waals surface area contributed by atoms with E-state index in [2.05, 4.69) is 34.2 Å². The lowest BCUT2D eigenvalue weighted by molar-refractivity contribution is -0.170. The van der Waals surface area contributed by atoms with Gasteiger partial charge in [-0.25, -0.2) is 9.99 Å². The van der Waals surface area contributed by atoms with Crippen LogP contribution in [0.4, 0.5) is 24.9 Å². The van der Waals surface area contributed by atoms with Crippen LogP contribution in [0.3, 0.4) is 0 Å². The van der Waals surface area contributed by atoms with Crippen molar-refractivity contribution in [3.63, 3.8) is 0 Å². The number of hydrogen-bond donors (Lipinski definition) is 1.